The maximum Gasteiger partial charge on any atom is 1.00 e. The number of nitrogens with one attached hydrogen (secondary N) is 2. The van der Waals surface area contributed by atoms with Crippen molar-refractivity contribution in [2.24, 2.45) is 0 Å². The minimum absolute atomic E-state index is 0. The second-order valence-electron chi connectivity index (χ2n) is 16.1. The van der Waals surface area contributed by atoms with Crippen molar-refractivity contribution < 1.29 is 73.5 Å². The Morgan fingerprint density at radius 2 is 1.05 bits per heavy atom. The van der Waals surface area contributed by atoms with Gasteiger partial charge in [-0.1, -0.05) is 12.1 Å². The van der Waals surface area contributed by atoms with Gasteiger partial charge in [-0.05, 0) is 104 Å². The molecule has 2 aromatic heterocycles. The van der Waals surface area contributed by atoms with Crippen molar-refractivity contribution in [1.29, 1.82) is 0 Å². The van der Waals surface area contributed by atoms with E-state index < -0.39 is 17.2 Å². The third-order valence-corrected chi connectivity index (χ3v) is 9.26. The van der Waals surface area contributed by atoms with Crippen LogP contribution < -0.4 is 29.6 Å². The summed E-state index contributed by atoms with van der Waals surface area (Å²) in [6.07, 6.45) is 0.611. The topological polar surface area (TPSA) is 210 Å². The fraction of sp³-hybridized carbons (Fsp3) is 0.463. The summed E-state index contributed by atoms with van der Waals surface area (Å²) >= 11 is 0. The van der Waals surface area contributed by atoms with Crippen molar-refractivity contribution in [3.8, 4) is 22.8 Å². The van der Waals surface area contributed by atoms with Crippen molar-refractivity contribution in [3.63, 3.8) is 0 Å². The molecule has 0 aliphatic carbocycles. The molecule has 0 spiro atoms. The average molecular weight is 797 g/mol. The first-order valence-corrected chi connectivity index (χ1v) is 18.3. The Labute approximate surface area is 355 Å². The molecule has 57 heavy (non-hydrogen) atoms. The van der Waals surface area contributed by atoms with Gasteiger partial charge in [-0.15, -0.1) is 0 Å². The van der Waals surface area contributed by atoms with Crippen LogP contribution in [-0.2, 0) is 40.1 Å². The molecule has 0 bridgehead atoms. The number of carboxylic acids is 1. The van der Waals surface area contributed by atoms with Crippen molar-refractivity contribution in [2.75, 3.05) is 20.2 Å². The number of imidazole rings is 2. The number of carbonyl (C=O) groups excluding carboxylic acids is 3. The van der Waals surface area contributed by atoms with Crippen LogP contribution in [0, 0.1) is 27.7 Å². The number of ether oxygens (including phenoxy) is 3. The Balaban J connectivity index is 0.000000295. The van der Waals surface area contributed by atoms with Crippen LogP contribution in [0.25, 0.3) is 22.8 Å². The van der Waals surface area contributed by atoms with Crippen LogP contribution in [0.4, 0.5) is 9.59 Å². The summed E-state index contributed by atoms with van der Waals surface area (Å²) in [4.78, 5) is 67.5. The van der Waals surface area contributed by atoms with E-state index in [1.54, 1.807) is 22.8 Å². The van der Waals surface area contributed by atoms with Crippen LogP contribution in [0.15, 0.2) is 24.3 Å². The molecule has 4 aromatic rings. The Bertz CT molecular complexity index is 2140. The van der Waals surface area contributed by atoms with E-state index in [-0.39, 0.29) is 58.8 Å². The van der Waals surface area contributed by atoms with Gasteiger partial charge in [0.2, 0.25) is 0 Å². The van der Waals surface area contributed by atoms with Gasteiger partial charge >= 0.3 is 53.7 Å². The Kier molecular flexibility index (Phi) is 15.0. The normalized spacial score (nSPS) is 13.5. The number of aryl methyl sites for hydroxylation is 4. The fourth-order valence-corrected chi connectivity index (χ4v) is 6.58. The van der Waals surface area contributed by atoms with Crippen LogP contribution in [0.3, 0.4) is 0 Å². The maximum absolute atomic E-state index is 12.4. The molecule has 2 aliphatic heterocycles. The Morgan fingerprint density at radius 1 is 0.667 bits per heavy atom. The molecule has 0 saturated carbocycles. The maximum atomic E-state index is 12.4. The number of rotatable bonds is 4. The smallest absolute Gasteiger partial charge is 0.870 e. The second-order valence-corrected chi connectivity index (χ2v) is 16.1. The second kappa shape index (κ2) is 18.3. The monoisotopic (exact) mass is 796 g/mol. The number of carboxylic acid groups (broad SMARTS) is 1. The molecule has 2 aliphatic rings. The third-order valence-electron chi connectivity index (χ3n) is 9.26. The number of amides is 2. The summed E-state index contributed by atoms with van der Waals surface area (Å²) in [5.74, 6) is -0.00271. The summed E-state index contributed by atoms with van der Waals surface area (Å²) in [5, 5.41) is 9.39. The molecule has 2 amide bonds. The van der Waals surface area contributed by atoms with E-state index in [2.05, 4.69) is 15.0 Å². The zero-order valence-electron chi connectivity index (χ0n) is 35.1. The first-order chi connectivity index (χ1) is 25.6. The van der Waals surface area contributed by atoms with Gasteiger partial charge in [-0.3, -0.25) is 0 Å². The first-order valence-electron chi connectivity index (χ1n) is 18.3. The van der Waals surface area contributed by atoms with Gasteiger partial charge in [0.05, 0.1) is 54.1 Å². The molecule has 16 heteroatoms. The number of benzene rings is 2. The van der Waals surface area contributed by atoms with Crippen molar-refractivity contribution in [1.82, 2.24) is 29.7 Å². The Morgan fingerprint density at radius 3 is 1.42 bits per heavy atom. The van der Waals surface area contributed by atoms with Crippen LogP contribution >= 0.6 is 0 Å². The van der Waals surface area contributed by atoms with E-state index >= 15 is 0 Å². The molecule has 302 valence electrons. The molecule has 0 atom stereocenters. The zero-order valence-corrected chi connectivity index (χ0v) is 37.1. The van der Waals surface area contributed by atoms with Crippen LogP contribution in [0.1, 0.15) is 107 Å². The first kappa shape index (κ1) is 46.7. The quantitative estimate of drug-likeness (QED) is 0.151. The number of methoxy groups -OCH3 is 1. The predicted molar refractivity (Wildman–Crippen MR) is 208 cm³/mol. The van der Waals surface area contributed by atoms with Gasteiger partial charge in [0.25, 0.3) is 0 Å². The number of aromatic carboxylic acids is 1. The number of esters is 1. The van der Waals surface area contributed by atoms with Gasteiger partial charge in [0.15, 0.2) is 0 Å². The molecule has 4 heterocycles. The third kappa shape index (κ3) is 11.2. The molecular weight excluding hydrogens is 743 g/mol. The number of hydrogen-bond donors (Lipinski definition) is 3. The molecule has 15 nitrogen and oxygen atoms in total. The molecule has 2 aromatic carbocycles. The van der Waals surface area contributed by atoms with E-state index in [9.17, 15) is 24.3 Å². The molecular formula is C41H53N6NaO9. The van der Waals surface area contributed by atoms with E-state index in [0.29, 0.717) is 56.2 Å². The summed E-state index contributed by atoms with van der Waals surface area (Å²) in [5.41, 5.74) is 8.47. The number of nitrogens with zero attached hydrogens (tertiary/aromatic N) is 4. The van der Waals surface area contributed by atoms with Gasteiger partial charge in [0, 0.05) is 37.1 Å². The molecule has 0 saturated heterocycles. The summed E-state index contributed by atoms with van der Waals surface area (Å²) < 4.78 is 15.8. The molecule has 0 fully saturated rings. The summed E-state index contributed by atoms with van der Waals surface area (Å²) in [6, 6.07) is 7.28. The largest absolute Gasteiger partial charge is 1.00 e. The van der Waals surface area contributed by atoms with Crippen molar-refractivity contribution in [3.05, 3.63) is 80.4 Å². The zero-order chi connectivity index (χ0) is 40.6. The van der Waals surface area contributed by atoms with E-state index in [0.717, 1.165) is 56.2 Å². The van der Waals surface area contributed by atoms with Crippen molar-refractivity contribution in [2.45, 2.75) is 106 Å². The number of H-pyrrole nitrogens is 2. The van der Waals surface area contributed by atoms with Gasteiger partial charge in [-0.25, -0.2) is 29.1 Å². The van der Waals surface area contributed by atoms with Crippen LogP contribution in [0.2, 0.25) is 0 Å². The SMILES string of the molecule is COC(=O)c1cc(-c2nc3c([nH]2)CN(C(=O)OC(C)(C)C)CC3)c(C)cc1C.Cc1cc(C)c(-c2nc3c([nH]2)CN(C(=O)OC(C)(C)C)CC3)cc1C(=O)O.[Na+].[OH-]. The number of aromatic nitrogens is 4. The number of aromatic amines is 2. The van der Waals surface area contributed by atoms with Gasteiger partial charge in [-0.2, -0.15) is 0 Å². The minimum Gasteiger partial charge on any atom is -0.870 e. The predicted octanol–water partition coefficient (Wildman–Crippen LogP) is 4.29. The molecule has 6 rings (SSSR count). The number of carbonyl (C=O) groups is 4. The molecule has 0 unspecified atom stereocenters. The number of hydrogen-bond acceptors (Lipinski definition) is 10. The number of fused-ring (bicyclic) bond motifs is 2. The minimum atomic E-state index is -0.957. The van der Waals surface area contributed by atoms with Gasteiger partial charge < -0.3 is 44.6 Å². The summed E-state index contributed by atoms with van der Waals surface area (Å²) in [6.45, 7) is 20.6. The molecule has 4 N–H and O–H groups in total. The molecule has 0 radical (unpaired) electrons. The van der Waals surface area contributed by atoms with E-state index in [1.807, 2.05) is 80.5 Å². The summed E-state index contributed by atoms with van der Waals surface area (Å²) in [7, 11) is 1.37. The fourth-order valence-electron chi connectivity index (χ4n) is 6.58. The van der Waals surface area contributed by atoms with E-state index in [1.165, 1.54) is 7.11 Å². The van der Waals surface area contributed by atoms with Crippen LogP contribution in [-0.4, -0.2) is 95.8 Å². The van der Waals surface area contributed by atoms with Gasteiger partial charge in [0.1, 0.15) is 22.9 Å². The average Bonchev–Trinajstić information content (AvgIpc) is 3.70. The van der Waals surface area contributed by atoms with Crippen molar-refractivity contribution >= 4 is 24.1 Å². The van der Waals surface area contributed by atoms with E-state index in [4.69, 9.17) is 19.2 Å². The van der Waals surface area contributed by atoms with Crippen LogP contribution in [0.5, 0.6) is 0 Å². The standard InChI is InChI=1S/C21H27N3O4.C20H25N3O4.Na.H2O/c1-12-9-13(2)15(19(25)27-6)10-14(12)18-22-16-7-8-24(11-17(16)23-18)20(26)28-21(3,4)5;1-11-8-12(2)14(18(24)25)9-13(11)17-21-15-6-7-23(10-16(15)22-17)19(26)27-20(3,4)5;;/h9-10H,7-8,11H2,1-6H3,(H,22,23);8-9H,6-7,10H2,1-5H3,(H,21,22)(H,24,25);;1H2/q;;+1;/p-1. The Hall–Kier alpha value is -4.70.